The van der Waals surface area contributed by atoms with E-state index in [4.69, 9.17) is 0 Å². The van der Waals surface area contributed by atoms with Crippen LogP contribution < -0.4 is 0 Å². The molecule has 0 unspecified atom stereocenters. The van der Waals surface area contributed by atoms with Crippen molar-refractivity contribution in [3.63, 3.8) is 0 Å². The Balaban J connectivity index is 0.00000111. The maximum absolute atomic E-state index is 3.70. The first kappa shape index (κ1) is 90.4. The van der Waals surface area contributed by atoms with Crippen molar-refractivity contribution in [2.45, 2.75) is 171 Å². The Kier molecular flexibility index (Phi) is 53.9. The van der Waals surface area contributed by atoms with Gasteiger partial charge in [0.2, 0.25) is 0 Å². The van der Waals surface area contributed by atoms with E-state index < -0.39 is 0 Å². The Labute approximate surface area is 631 Å². The van der Waals surface area contributed by atoms with Crippen molar-refractivity contribution in [1.29, 1.82) is 0 Å². The number of benzene rings is 8. The second-order valence-electron chi connectivity index (χ2n) is 22.4. The molecule has 0 aliphatic rings. The number of hydrogen-bond donors (Lipinski definition) is 0. The van der Waals surface area contributed by atoms with Crippen molar-refractivity contribution in [3.8, 4) is 44.5 Å². The molecule has 0 aliphatic carbocycles. The minimum absolute atomic E-state index is 0. The molecule has 0 spiro atoms. The predicted octanol–water partition coefficient (Wildman–Crippen LogP) is 28.3. The number of unbranched alkanes of at least 4 members (excludes halogenated alkanes) is 7. The topological polar surface area (TPSA) is 0 Å². The molecule has 12 aromatic carbocycles. The Morgan fingerprint density at radius 1 is 0.250 bits per heavy atom. The maximum atomic E-state index is 3.70. The molecule has 508 valence electrons. The summed E-state index contributed by atoms with van der Waals surface area (Å²) in [7, 11) is 5.94. The van der Waals surface area contributed by atoms with Crippen LogP contribution >= 0.6 is 0 Å². The molecule has 0 saturated carbocycles. The third-order valence-electron chi connectivity index (χ3n) is 15.4. The standard InChI is InChI=1S/4C17H15.C6H12.4C4H9.2CH3Si.2Hf/c4*1-2-13-11-15-9-6-10-16(17(15)12-13)14-7-4-3-5-8-14;1-3-5-6-4-2;4*1-3-4-2;2*1-2;;/h4*3-12H,2H2,1H3;1-6H2;4*1,3-4H2,2H3;2*1H3;;/q4*-1;-2;4*-1;;;;. The Morgan fingerprint density at radius 2 is 0.427 bits per heavy atom. The van der Waals surface area contributed by atoms with Crippen LogP contribution in [-0.2, 0) is 77.4 Å². The molecule has 0 aromatic heterocycles. The van der Waals surface area contributed by atoms with Crippen LogP contribution in [0.5, 0.6) is 0 Å². The molecule has 6 radical (unpaired) electrons. The second-order valence-corrected chi connectivity index (χ2v) is 22.4. The van der Waals surface area contributed by atoms with Gasteiger partial charge in [0.25, 0.3) is 0 Å². The summed E-state index contributed by atoms with van der Waals surface area (Å²) in [5, 5.41) is 10.9. The van der Waals surface area contributed by atoms with Gasteiger partial charge in [-0.25, -0.2) is 0 Å². The van der Waals surface area contributed by atoms with Gasteiger partial charge in [0, 0.05) is 72.2 Å². The van der Waals surface area contributed by atoms with Gasteiger partial charge < -0.3 is 41.5 Å². The maximum Gasteiger partial charge on any atom is 0.0184 e. The van der Waals surface area contributed by atoms with Gasteiger partial charge in [-0.2, -0.15) is 62.8 Å². The Hall–Kier alpha value is -5.63. The quantitative estimate of drug-likeness (QED) is 0.0545. The smallest absolute Gasteiger partial charge is 0.0184 e. The average Bonchev–Trinajstić information content (AvgIpc) is 1.65. The fourth-order valence-electron chi connectivity index (χ4n) is 9.84. The van der Waals surface area contributed by atoms with Gasteiger partial charge in [0.1, 0.15) is 0 Å². The van der Waals surface area contributed by atoms with Crippen LogP contribution in [0.4, 0.5) is 0 Å². The molecule has 96 heavy (non-hydrogen) atoms. The fourth-order valence-corrected chi connectivity index (χ4v) is 9.84. The van der Waals surface area contributed by atoms with Crippen LogP contribution in [0, 0.1) is 41.5 Å². The van der Waals surface area contributed by atoms with E-state index in [1.807, 2.05) is 0 Å². The van der Waals surface area contributed by atoms with Crippen molar-refractivity contribution < 1.29 is 51.7 Å². The van der Waals surface area contributed by atoms with E-state index in [-0.39, 0.29) is 51.7 Å². The van der Waals surface area contributed by atoms with E-state index in [9.17, 15) is 0 Å². The SMILES string of the molecule is CCc1cc2c(-c3ccccc3)cccc2[cH-]1.CCc1cc2c(-c3ccccc3)cccc2[cH-]1.CCc1cc2c(-c3ccccc3)cccc2[cH-]1.CCc1cc2c(-c3ccccc3)cccc2[cH-]1.C[Si].C[Si].[CH2-]CCC.[CH2-]CCC.[CH2-]CCC.[CH2-]CCC.[CH2-]CCCC[CH2-].[Hf].[Hf]. The van der Waals surface area contributed by atoms with E-state index in [1.165, 1.54) is 148 Å². The molecule has 0 aliphatic heterocycles. The molecule has 4 heteroatoms. The molecule has 0 amide bonds. The molecule has 12 aromatic rings. The summed E-state index contributed by atoms with van der Waals surface area (Å²) in [5.74, 6) is 0. The van der Waals surface area contributed by atoms with Gasteiger partial charge in [-0.15, -0.1) is 138 Å². The zero-order valence-corrected chi connectivity index (χ0v) is 69.8. The van der Waals surface area contributed by atoms with Gasteiger partial charge in [0.15, 0.2) is 0 Å². The third kappa shape index (κ3) is 31.9. The minimum Gasteiger partial charge on any atom is -0.343 e. The Bertz CT molecular complexity index is 3210. The van der Waals surface area contributed by atoms with Crippen LogP contribution in [0.3, 0.4) is 0 Å². The summed E-state index contributed by atoms with van der Waals surface area (Å²) >= 11 is 0. The van der Waals surface area contributed by atoms with Crippen LogP contribution in [0.1, 0.15) is 155 Å². The van der Waals surface area contributed by atoms with Gasteiger partial charge in [0.05, 0.1) is 0 Å². The Morgan fingerprint density at radius 3 is 0.573 bits per heavy atom. The molecular formula is C92H114Hf2Si2-10. The molecule has 0 bridgehead atoms. The predicted molar refractivity (Wildman–Crippen MR) is 431 cm³/mol. The summed E-state index contributed by atoms with van der Waals surface area (Å²) in [6.45, 7) is 42.7. The monoisotopic (exact) mass is 1630 g/mol. The minimum atomic E-state index is 0. The number of aryl methyl sites for hydroxylation is 4. The van der Waals surface area contributed by atoms with Crippen molar-refractivity contribution >= 4 is 63.6 Å². The molecule has 0 fully saturated rings. The van der Waals surface area contributed by atoms with Crippen LogP contribution in [0.15, 0.2) is 243 Å². The van der Waals surface area contributed by atoms with Crippen molar-refractivity contribution in [2.24, 2.45) is 0 Å². The van der Waals surface area contributed by atoms with E-state index >= 15 is 0 Å². The summed E-state index contributed by atoms with van der Waals surface area (Å²) in [6.07, 6.45) is 18.1. The zero-order chi connectivity index (χ0) is 69.1. The number of hydrogen-bond acceptors (Lipinski definition) is 0. The molecule has 0 heterocycles. The van der Waals surface area contributed by atoms with Crippen LogP contribution in [0.25, 0.3) is 87.6 Å². The zero-order valence-electron chi connectivity index (χ0n) is 60.7. The summed E-state index contributed by atoms with van der Waals surface area (Å²) in [5.41, 5.74) is 16.2. The molecular weight excluding hydrogens is 1520 g/mol. The van der Waals surface area contributed by atoms with Gasteiger partial charge >= 0.3 is 0 Å². The van der Waals surface area contributed by atoms with Crippen molar-refractivity contribution in [1.82, 2.24) is 0 Å². The summed E-state index contributed by atoms with van der Waals surface area (Å²) in [4.78, 5) is 0. The second kappa shape index (κ2) is 57.3. The van der Waals surface area contributed by atoms with Crippen molar-refractivity contribution in [3.05, 3.63) is 306 Å². The molecule has 0 atom stereocenters. The average molecular weight is 1630 g/mol. The molecule has 0 nitrogen and oxygen atoms in total. The van der Waals surface area contributed by atoms with E-state index in [0.717, 1.165) is 64.2 Å². The molecule has 12 rings (SSSR count). The fraction of sp³-hybridized carbons (Fsp3) is 0.283. The molecule has 0 saturated heterocycles. The first-order valence-electron chi connectivity index (χ1n) is 34.8. The van der Waals surface area contributed by atoms with Gasteiger partial charge in [-0.05, 0) is 47.9 Å². The largest absolute Gasteiger partial charge is 0.343 e. The van der Waals surface area contributed by atoms with E-state index in [2.05, 4.69) is 360 Å². The summed E-state index contributed by atoms with van der Waals surface area (Å²) in [6, 6.07) is 87.0. The number of rotatable bonds is 15. The first-order valence-corrected chi connectivity index (χ1v) is 36.8. The van der Waals surface area contributed by atoms with Crippen LogP contribution in [-0.4, -0.2) is 20.5 Å². The van der Waals surface area contributed by atoms with Crippen molar-refractivity contribution in [2.75, 3.05) is 0 Å². The first-order chi connectivity index (χ1) is 46.1. The molecule has 0 N–H and O–H groups in total. The van der Waals surface area contributed by atoms with E-state index in [1.54, 1.807) is 13.1 Å². The van der Waals surface area contributed by atoms with E-state index in [0.29, 0.717) is 0 Å². The normalized spacial score (nSPS) is 9.65. The van der Waals surface area contributed by atoms with Gasteiger partial charge in [-0.3, -0.25) is 0 Å². The third-order valence-corrected chi connectivity index (χ3v) is 15.4. The van der Waals surface area contributed by atoms with Crippen LogP contribution in [0.2, 0.25) is 13.1 Å². The summed E-state index contributed by atoms with van der Waals surface area (Å²) < 4.78 is 0. The van der Waals surface area contributed by atoms with Gasteiger partial charge in [-0.1, -0.05) is 275 Å². The number of fused-ring (bicyclic) bond motifs is 4.